The van der Waals surface area contributed by atoms with Gasteiger partial charge in [0.1, 0.15) is 12.1 Å². The van der Waals surface area contributed by atoms with E-state index in [1.165, 1.54) is 12.8 Å². The SMILES string of the molecule is CCCCCCCOC(=O)C(CCC)NC(=O)C(CCC)NC(=O)OCC(C)C. The molecule has 7 heteroatoms. The summed E-state index contributed by atoms with van der Waals surface area (Å²) in [6, 6.07) is -1.43. The maximum absolute atomic E-state index is 12.7. The van der Waals surface area contributed by atoms with Crippen LogP contribution in [0, 0.1) is 5.92 Å². The standard InChI is InChI=1S/C22H42N2O5/c1-6-9-10-11-12-15-28-21(26)19(14-8-3)23-20(25)18(13-7-2)24-22(27)29-16-17(4)5/h17-19H,6-16H2,1-5H3,(H,23,25)(H,24,27). The maximum Gasteiger partial charge on any atom is 0.407 e. The van der Waals surface area contributed by atoms with Gasteiger partial charge in [0.05, 0.1) is 13.2 Å². The first-order valence-corrected chi connectivity index (χ1v) is 11.3. The predicted molar refractivity (Wildman–Crippen MR) is 115 cm³/mol. The molecular weight excluding hydrogens is 372 g/mol. The van der Waals surface area contributed by atoms with E-state index in [1.54, 1.807) is 0 Å². The van der Waals surface area contributed by atoms with Crippen molar-refractivity contribution in [1.29, 1.82) is 0 Å². The van der Waals surface area contributed by atoms with Crippen molar-refractivity contribution < 1.29 is 23.9 Å². The minimum atomic E-state index is -0.735. The number of amides is 2. The van der Waals surface area contributed by atoms with Crippen molar-refractivity contribution in [3.63, 3.8) is 0 Å². The highest BCUT2D eigenvalue weighted by Crippen LogP contribution is 2.06. The molecule has 2 amide bonds. The van der Waals surface area contributed by atoms with Gasteiger partial charge in [0, 0.05) is 0 Å². The molecule has 0 aliphatic carbocycles. The fourth-order valence-corrected chi connectivity index (χ4v) is 2.77. The molecule has 0 aromatic rings. The molecular formula is C22H42N2O5. The highest BCUT2D eigenvalue weighted by molar-refractivity contribution is 5.89. The lowest BCUT2D eigenvalue weighted by Gasteiger charge is -2.22. The average Bonchev–Trinajstić information content (AvgIpc) is 2.68. The van der Waals surface area contributed by atoms with E-state index in [1.807, 2.05) is 27.7 Å². The Hall–Kier alpha value is -1.79. The zero-order valence-electron chi connectivity index (χ0n) is 19.1. The number of esters is 1. The Balaban J connectivity index is 4.62. The summed E-state index contributed by atoms with van der Waals surface area (Å²) in [6.07, 6.45) is 7.16. The number of nitrogens with one attached hydrogen (secondary N) is 2. The predicted octanol–water partition coefficient (Wildman–Crippen LogP) is 4.34. The summed E-state index contributed by atoms with van der Waals surface area (Å²) in [5.74, 6) is -0.579. The van der Waals surface area contributed by atoms with Crippen LogP contribution in [0.15, 0.2) is 0 Å². The highest BCUT2D eigenvalue weighted by atomic mass is 16.5. The highest BCUT2D eigenvalue weighted by Gasteiger charge is 2.27. The van der Waals surface area contributed by atoms with E-state index in [4.69, 9.17) is 9.47 Å². The molecule has 0 bridgehead atoms. The van der Waals surface area contributed by atoms with Crippen LogP contribution in [-0.2, 0) is 19.1 Å². The number of rotatable bonds is 16. The third-order valence-electron chi connectivity index (χ3n) is 4.40. The Morgan fingerprint density at radius 2 is 1.38 bits per heavy atom. The van der Waals surface area contributed by atoms with Gasteiger partial charge in [-0.05, 0) is 25.2 Å². The van der Waals surface area contributed by atoms with Gasteiger partial charge in [-0.1, -0.05) is 73.1 Å². The van der Waals surface area contributed by atoms with Crippen LogP contribution in [0.2, 0.25) is 0 Å². The first kappa shape index (κ1) is 27.2. The Morgan fingerprint density at radius 3 is 1.97 bits per heavy atom. The fraction of sp³-hybridized carbons (Fsp3) is 0.864. The van der Waals surface area contributed by atoms with E-state index in [0.29, 0.717) is 25.9 Å². The van der Waals surface area contributed by atoms with Crippen molar-refractivity contribution >= 4 is 18.0 Å². The summed E-state index contributed by atoms with van der Waals surface area (Å²) in [5.41, 5.74) is 0. The second kappa shape index (κ2) is 17.1. The lowest BCUT2D eigenvalue weighted by molar-refractivity contribution is -0.148. The minimum Gasteiger partial charge on any atom is -0.464 e. The zero-order valence-corrected chi connectivity index (χ0v) is 19.1. The number of alkyl carbamates (subject to hydrolysis) is 1. The lowest BCUT2D eigenvalue weighted by Crippen LogP contribution is -2.52. The topological polar surface area (TPSA) is 93.7 Å². The van der Waals surface area contributed by atoms with Gasteiger partial charge in [-0.2, -0.15) is 0 Å². The molecule has 7 nitrogen and oxygen atoms in total. The molecule has 29 heavy (non-hydrogen) atoms. The molecule has 0 aromatic heterocycles. The molecule has 0 saturated heterocycles. The number of hydrogen-bond donors (Lipinski definition) is 2. The largest absolute Gasteiger partial charge is 0.464 e. The van der Waals surface area contributed by atoms with Crippen LogP contribution in [0.3, 0.4) is 0 Å². The van der Waals surface area contributed by atoms with Gasteiger partial charge >= 0.3 is 12.1 Å². The summed E-state index contributed by atoms with van der Waals surface area (Å²) in [4.78, 5) is 37.0. The zero-order chi connectivity index (χ0) is 22.1. The van der Waals surface area contributed by atoms with E-state index < -0.39 is 24.1 Å². The van der Waals surface area contributed by atoms with Crippen LogP contribution in [0.5, 0.6) is 0 Å². The summed E-state index contributed by atoms with van der Waals surface area (Å²) >= 11 is 0. The number of unbranched alkanes of at least 4 members (excludes halogenated alkanes) is 4. The second-order valence-electron chi connectivity index (χ2n) is 7.91. The van der Waals surface area contributed by atoms with Crippen molar-refractivity contribution in [2.45, 2.75) is 104 Å². The van der Waals surface area contributed by atoms with Gasteiger partial charge in [-0.15, -0.1) is 0 Å². The van der Waals surface area contributed by atoms with Crippen molar-refractivity contribution in [3.8, 4) is 0 Å². The number of hydrogen-bond acceptors (Lipinski definition) is 5. The quantitative estimate of drug-likeness (QED) is 0.289. The molecule has 170 valence electrons. The van der Waals surface area contributed by atoms with Gasteiger partial charge < -0.3 is 20.1 Å². The molecule has 0 spiro atoms. The molecule has 2 atom stereocenters. The van der Waals surface area contributed by atoms with Crippen LogP contribution >= 0.6 is 0 Å². The molecule has 0 heterocycles. The van der Waals surface area contributed by atoms with Crippen molar-refractivity contribution in [1.82, 2.24) is 10.6 Å². The van der Waals surface area contributed by atoms with E-state index in [9.17, 15) is 14.4 Å². The Labute approximate surface area is 176 Å². The number of ether oxygens (including phenoxy) is 2. The molecule has 0 rings (SSSR count). The fourth-order valence-electron chi connectivity index (χ4n) is 2.77. The average molecular weight is 415 g/mol. The van der Waals surface area contributed by atoms with Crippen LogP contribution in [0.25, 0.3) is 0 Å². The van der Waals surface area contributed by atoms with Gasteiger partial charge in [0.15, 0.2) is 0 Å². The van der Waals surface area contributed by atoms with Crippen LogP contribution in [0.4, 0.5) is 4.79 Å². The van der Waals surface area contributed by atoms with Crippen LogP contribution in [0.1, 0.15) is 92.4 Å². The molecule has 2 unspecified atom stereocenters. The van der Waals surface area contributed by atoms with E-state index >= 15 is 0 Å². The monoisotopic (exact) mass is 414 g/mol. The summed E-state index contributed by atoms with van der Waals surface area (Å²) < 4.78 is 10.5. The molecule has 0 saturated carbocycles. The van der Waals surface area contributed by atoms with Crippen molar-refractivity contribution in [2.24, 2.45) is 5.92 Å². The smallest absolute Gasteiger partial charge is 0.407 e. The normalized spacial score (nSPS) is 12.9. The van der Waals surface area contributed by atoms with Crippen molar-refractivity contribution in [3.05, 3.63) is 0 Å². The third kappa shape index (κ3) is 13.9. The van der Waals surface area contributed by atoms with E-state index in [-0.39, 0.29) is 18.4 Å². The maximum atomic E-state index is 12.7. The molecule has 0 fully saturated rings. The Bertz CT molecular complexity index is 468. The van der Waals surface area contributed by atoms with Crippen LogP contribution < -0.4 is 10.6 Å². The minimum absolute atomic E-state index is 0.213. The van der Waals surface area contributed by atoms with Gasteiger partial charge in [0.25, 0.3) is 0 Å². The molecule has 0 radical (unpaired) electrons. The van der Waals surface area contributed by atoms with Gasteiger partial charge in [-0.3, -0.25) is 4.79 Å². The van der Waals surface area contributed by atoms with E-state index in [0.717, 1.165) is 25.7 Å². The van der Waals surface area contributed by atoms with Gasteiger partial charge in [0.2, 0.25) is 5.91 Å². The molecule has 0 aromatic carbocycles. The first-order chi connectivity index (χ1) is 13.8. The van der Waals surface area contributed by atoms with Crippen LogP contribution in [-0.4, -0.2) is 43.3 Å². The van der Waals surface area contributed by atoms with E-state index in [2.05, 4.69) is 17.6 Å². The number of carbonyl (C=O) groups is 3. The Morgan fingerprint density at radius 1 is 0.759 bits per heavy atom. The molecule has 2 N–H and O–H groups in total. The van der Waals surface area contributed by atoms with Gasteiger partial charge in [-0.25, -0.2) is 9.59 Å². The molecule has 0 aliphatic rings. The second-order valence-corrected chi connectivity index (χ2v) is 7.91. The summed E-state index contributed by atoms with van der Waals surface area (Å²) in [5, 5.41) is 5.36. The van der Waals surface area contributed by atoms with Crippen molar-refractivity contribution in [2.75, 3.05) is 13.2 Å². The lowest BCUT2D eigenvalue weighted by atomic mass is 10.1. The molecule has 0 aliphatic heterocycles. The summed E-state index contributed by atoms with van der Waals surface area (Å²) in [7, 11) is 0. The number of carbonyl (C=O) groups excluding carboxylic acids is 3. The third-order valence-corrected chi connectivity index (χ3v) is 4.40. The summed E-state index contributed by atoms with van der Waals surface area (Å²) in [6.45, 7) is 10.6. The Kier molecular flexibility index (Phi) is 16.0. The first-order valence-electron chi connectivity index (χ1n) is 11.3.